The van der Waals surface area contributed by atoms with Crippen LogP contribution in [-0.2, 0) is 11.3 Å². The van der Waals surface area contributed by atoms with E-state index in [1.165, 1.54) is 0 Å². The van der Waals surface area contributed by atoms with Gasteiger partial charge in [-0.25, -0.2) is 4.68 Å². The molecule has 0 saturated carbocycles. The molecular formula is C19H20N4O2. The van der Waals surface area contributed by atoms with E-state index in [9.17, 15) is 4.79 Å². The summed E-state index contributed by atoms with van der Waals surface area (Å²) in [7, 11) is 1.62. The Bertz CT molecular complexity index is 803. The zero-order valence-corrected chi connectivity index (χ0v) is 14.1. The molecule has 3 aromatic rings. The number of benzene rings is 2. The van der Waals surface area contributed by atoms with E-state index in [0.29, 0.717) is 25.4 Å². The van der Waals surface area contributed by atoms with E-state index >= 15 is 0 Å². The lowest BCUT2D eigenvalue weighted by Gasteiger charge is -2.21. The topological polar surface area (TPSA) is 60.2 Å². The quantitative estimate of drug-likeness (QED) is 0.665. The summed E-state index contributed by atoms with van der Waals surface area (Å²) in [5.74, 6) is -0.164. The number of nitrogens with zero attached hydrogens (tertiary/aromatic N) is 4. The number of para-hydroxylation sites is 1. The lowest BCUT2D eigenvalue weighted by Crippen LogP contribution is -2.33. The third-order valence-electron chi connectivity index (χ3n) is 3.80. The first-order chi connectivity index (χ1) is 12.3. The Kier molecular flexibility index (Phi) is 5.53. The fourth-order valence-electron chi connectivity index (χ4n) is 2.49. The van der Waals surface area contributed by atoms with Gasteiger partial charge in [0.1, 0.15) is 0 Å². The van der Waals surface area contributed by atoms with Crippen LogP contribution in [0.4, 0.5) is 0 Å². The van der Waals surface area contributed by atoms with Crippen molar-refractivity contribution in [3.8, 4) is 5.69 Å². The smallest absolute Gasteiger partial charge is 0.276 e. The highest BCUT2D eigenvalue weighted by Crippen LogP contribution is 2.11. The zero-order chi connectivity index (χ0) is 17.5. The Hall–Kier alpha value is -2.99. The van der Waals surface area contributed by atoms with Crippen molar-refractivity contribution >= 4 is 5.91 Å². The van der Waals surface area contributed by atoms with Gasteiger partial charge in [0.05, 0.1) is 18.5 Å². The molecule has 128 valence electrons. The van der Waals surface area contributed by atoms with Crippen molar-refractivity contribution in [3.63, 3.8) is 0 Å². The second-order valence-electron chi connectivity index (χ2n) is 5.59. The molecule has 1 heterocycles. The summed E-state index contributed by atoms with van der Waals surface area (Å²) in [5.41, 5.74) is 2.24. The molecule has 0 N–H and O–H groups in total. The van der Waals surface area contributed by atoms with Crippen LogP contribution >= 0.6 is 0 Å². The van der Waals surface area contributed by atoms with Gasteiger partial charge in [0.15, 0.2) is 5.69 Å². The molecule has 0 radical (unpaired) electrons. The molecule has 0 atom stereocenters. The molecule has 0 bridgehead atoms. The average molecular weight is 336 g/mol. The summed E-state index contributed by atoms with van der Waals surface area (Å²) in [4.78, 5) is 14.6. The Labute approximate surface area is 146 Å². The monoisotopic (exact) mass is 336 g/mol. The van der Waals surface area contributed by atoms with Gasteiger partial charge in [-0.1, -0.05) is 53.7 Å². The average Bonchev–Trinajstić information content (AvgIpc) is 3.16. The summed E-state index contributed by atoms with van der Waals surface area (Å²) < 4.78 is 6.74. The van der Waals surface area contributed by atoms with Crippen LogP contribution in [0.5, 0.6) is 0 Å². The van der Waals surface area contributed by atoms with Gasteiger partial charge >= 0.3 is 0 Å². The molecule has 0 aliphatic carbocycles. The predicted octanol–water partition coefficient (Wildman–Crippen LogP) is 2.56. The van der Waals surface area contributed by atoms with Gasteiger partial charge in [-0.15, -0.1) is 5.10 Å². The molecule has 0 aliphatic heterocycles. The molecule has 25 heavy (non-hydrogen) atoms. The maximum atomic E-state index is 12.9. The summed E-state index contributed by atoms with van der Waals surface area (Å²) >= 11 is 0. The summed E-state index contributed by atoms with van der Waals surface area (Å²) in [5, 5.41) is 8.11. The fourth-order valence-corrected chi connectivity index (χ4v) is 2.49. The van der Waals surface area contributed by atoms with Crippen molar-refractivity contribution in [1.29, 1.82) is 0 Å². The first-order valence-electron chi connectivity index (χ1n) is 8.08. The highest BCUT2D eigenvalue weighted by atomic mass is 16.5. The van der Waals surface area contributed by atoms with Gasteiger partial charge in [0, 0.05) is 20.2 Å². The van der Waals surface area contributed by atoms with Crippen LogP contribution in [-0.4, -0.2) is 46.1 Å². The minimum Gasteiger partial charge on any atom is -0.383 e. The minimum absolute atomic E-state index is 0.164. The van der Waals surface area contributed by atoms with Crippen LogP contribution < -0.4 is 0 Å². The van der Waals surface area contributed by atoms with E-state index in [0.717, 1.165) is 11.3 Å². The third-order valence-corrected chi connectivity index (χ3v) is 3.80. The van der Waals surface area contributed by atoms with Crippen LogP contribution in [0.2, 0.25) is 0 Å². The van der Waals surface area contributed by atoms with E-state index in [-0.39, 0.29) is 5.91 Å². The van der Waals surface area contributed by atoms with Crippen LogP contribution in [0.15, 0.2) is 66.9 Å². The molecule has 0 aliphatic rings. The Morgan fingerprint density at radius 1 is 1.08 bits per heavy atom. The van der Waals surface area contributed by atoms with Crippen LogP contribution in [0.1, 0.15) is 16.1 Å². The van der Waals surface area contributed by atoms with Crippen molar-refractivity contribution in [2.24, 2.45) is 0 Å². The van der Waals surface area contributed by atoms with Crippen molar-refractivity contribution in [1.82, 2.24) is 19.9 Å². The third kappa shape index (κ3) is 4.30. The fraction of sp³-hybridized carbons (Fsp3) is 0.211. The lowest BCUT2D eigenvalue weighted by molar-refractivity contribution is 0.0674. The number of ether oxygens (including phenoxy) is 1. The Balaban J connectivity index is 1.78. The van der Waals surface area contributed by atoms with Gasteiger partial charge in [-0.05, 0) is 17.7 Å². The molecule has 0 saturated heterocycles. The first kappa shape index (κ1) is 16.9. The highest BCUT2D eigenvalue weighted by molar-refractivity contribution is 5.92. The normalized spacial score (nSPS) is 10.6. The maximum absolute atomic E-state index is 12.9. The van der Waals surface area contributed by atoms with E-state index in [1.54, 1.807) is 22.9 Å². The molecular weight excluding hydrogens is 316 g/mol. The number of methoxy groups -OCH3 is 1. The second-order valence-corrected chi connectivity index (χ2v) is 5.59. The molecule has 2 aromatic carbocycles. The molecule has 6 nitrogen and oxygen atoms in total. The van der Waals surface area contributed by atoms with E-state index in [2.05, 4.69) is 10.3 Å². The molecule has 0 spiro atoms. The second kappa shape index (κ2) is 8.21. The number of rotatable bonds is 7. The van der Waals surface area contributed by atoms with Gasteiger partial charge in [0.2, 0.25) is 0 Å². The van der Waals surface area contributed by atoms with Gasteiger partial charge in [0.25, 0.3) is 5.91 Å². The van der Waals surface area contributed by atoms with Gasteiger partial charge in [-0.2, -0.15) is 0 Å². The van der Waals surface area contributed by atoms with Crippen LogP contribution in [0.25, 0.3) is 5.69 Å². The van der Waals surface area contributed by atoms with Crippen molar-refractivity contribution in [2.75, 3.05) is 20.3 Å². The molecule has 1 aromatic heterocycles. The standard InChI is InChI=1S/C19H20N4O2/c1-25-13-12-22(14-16-8-4-2-5-9-16)19(24)18-15-23(21-20-18)17-10-6-3-7-11-17/h2-11,15H,12-14H2,1H3. The molecule has 0 unspecified atom stereocenters. The minimum atomic E-state index is -0.164. The number of hydrogen-bond acceptors (Lipinski definition) is 4. The molecule has 0 fully saturated rings. The summed E-state index contributed by atoms with van der Waals surface area (Å²) in [6.07, 6.45) is 1.66. The largest absolute Gasteiger partial charge is 0.383 e. The van der Waals surface area contributed by atoms with E-state index in [1.807, 2.05) is 60.7 Å². The van der Waals surface area contributed by atoms with Crippen LogP contribution in [0, 0.1) is 0 Å². The number of hydrogen-bond donors (Lipinski definition) is 0. The molecule has 6 heteroatoms. The lowest BCUT2D eigenvalue weighted by atomic mass is 10.2. The Morgan fingerprint density at radius 2 is 1.76 bits per heavy atom. The number of carbonyl (C=O) groups is 1. The van der Waals surface area contributed by atoms with E-state index in [4.69, 9.17) is 4.74 Å². The van der Waals surface area contributed by atoms with Gasteiger partial charge in [-0.3, -0.25) is 4.79 Å². The number of amides is 1. The predicted molar refractivity (Wildman–Crippen MR) is 94.4 cm³/mol. The van der Waals surface area contributed by atoms with Crippen molar-refractivity contribution < 1.29 is 9.53 Å². The number of carbonyl (C=O) groups excluding carboxylic acids is 1. The zero-order valence-electron chi connectivity index (χ0n) is 14.1. The van der Waals surface area contributed by atoms with Crippen molar-refractivity contribution in [2.45, 2.75) is 6.54 Å². The Morgan fingerprint density at radius 3 is 2.44 bits per heavy atom. The summed E-state index contributed by atoms with van der Waals surface area (Å²) in [6.45, 7) is 1.45. The van der Waals surface area contributed by atoms with Crippen molar-refractivity contribution in [3.05, 3.63) is 78.1 Å². The van der Waals surface area contributed by atoms with Crippen LogP contribution in [0.3, 0.4) is 0 Å². The highest BCUT2D eigenvalue weighted by Gasteiger charge is 2.19. The summed E-state index contributed by atoms with van der Waals surface area (Å²) in [6, 6.07) is 19.4. The van der Waals surface area contributed by atoms with Gasteiger partial charge < -0.3 is 9.64 Å². The molecule has 3 rings (SSSR count). The number of aromatic nitrogens is 3. The maximum Gasteiger partial charge on any atom is 0.276 e. The SMILES string of the molecule is COCCN(Cc1ccccc1)C(=O)c1cn(-c2ccccc2)nn1. The van der Waals surface area contributed by atoms with E-state index < -0.39 is 0 Å². The molecule has 1 amide bonds. The first-order valence-corrected chi connectivity index (χ1v) is 8.08.